The molecular weight excluding hydrogens is 302 g/mol. The fourth-order valence-corrected chi connectivity index (χ4v) is 3.96. The molecule has 0 spiro atoms. The van der Waals surface area contributed by atoms with Gasteiger partial charge in [0.15, 0.2) is 5.82 Å². The predicted molar refractivity (Wildman–Crippen MR) is 97.5 cm³/mol. The van der Waals surface area contributed by atoms with Gasteiger partial charge in [0.2, 0.25) is 11.9 Å². The Hall–Kier alpha value is -1.85. The van der Waals surface area contributed by atoms with E-state index in [-0.39, 0.29) is 17.9 Å². The molecule has 1 saturated carbocycles. The first-order valence-electron chi connectivity index (χ1n) is 9.09. The smallest absolute Gasteiger partial charge is 0.247 e. The lowest BCUT2D eigenvalue weighted by atomic mass is 9.78. The van der Waals surface area contributed by atoms with Crippen molar-refractivity contribution in [2.75, 3.05) is 22.6 Å². The molecule has 1 aromatic rings. The molecule has 6 nitrogen and oxygen atoms in total. The highest BCUT2D eigenvalue weighted by Crippen LogP contribution is 2.36. The van der Waals surface area contributed by atoms with Crippen LogP contribution >= 0.6 is 0 Å². The van der Waals surface area contributed by atoms with Crippen LogP contribution in [0.4, 0.5) is 17.5 Å². The van der Waals surface area contributed by atoms with Crippen LogP contribution in [0.1, 0.15) is 52.1 Å². The van der Waals surface area contributed by atoms with Crippen molar-refractivity contribution in [2.24, 2.45) is 11.8 Å². The van der Waals surface area contributed by atoms with Crippen molar-refractivity contribution < 1.29 is 4.79 Å². The average Bonchev–Trinajstić information content (AvgIpc) is 2.46. The number of nitrogens with one attached hydrogen (secondary N) is 2. The Morgan fingerprint density at radius 3 is 2.67 bits per heavy atom. The number of nitrogens with zero attached hydrogens (tertiary/aromatic N) is 3. The van der Waals surface area contributed by atoms with Crippen molar-refractivity contribution in [1.82, 2.24) is 9.97 Å². The Balaban J connectivity index is 1.78. The molecule has 2 aliphatic rings. The molecule has 0 bridgehead atoms. The number of carbonyl (C=O) groups is 1. The molecule has 0 aromatic carbocycles. The lowest BCUT2D eigenvalue weighted by molar-refractivity contribution is -0.118. The molecule has 1 aromatic heterocycles. The summed E-state index contributed by atoms with van der Waals surface area (Å²) in [4.78, 5) is 23.6. The van der Waals surface area contributed by atoms with Gasteiger partial charge in [0.25, 0.3) is 0 Å². The number of aryl methyl sites for hydroxylation is 1. The molecule has 132 valence electrons. The third kappa shape index (κ3) is 3.06. The van der Waals surface area contributed by atoms with E-state index in [0.29, 0.717) is 12.0 Å². The number of rotatable bonds is 5. The average molecular weight is 331 g/mol. The minimum atomic E-state index is -0.197. The summed E-state index contributed by atoms with van der Waals surface area (Å²) in [6, 6.07) is 0.278. The topological polar surface area (TPSA) is 70.2 Å². The van der Waals surface area contributed by atoms with Gasteiger partial charge in [-0.3, -0.25) is 4.79 Å². The fraction of sp³-hybridized carbons (Fsp3) is 0.722. The Morgan fingerprint density at radius 1 is 1.33 bits per heavy atom. The van der Waals surface area contributed by atoms with E-state index in [0.717, 1.165) is 23.1 Å². The highest BCUT2D eigenvalue weighted by Gasteiger charge is 2.36. The van der Waals surface area contributed by atoms with Crippen LogP contribution in [0, 0.1) is 18.8 Å². The Bertz CT molecular complexity index is 624. The van der Waals surface area contributed by atoms with Crippen LogP contribution in [-0.2, 0) is 4.79 Å². The van der Waals surface area contributed by atoms with E-state index in [1.807, 2.05) is 18.9 Å². The number of hydrogen-bond donors (Lipinski definition) is 2. The molecule has 2 heterocycles. The molecule has 1 aliphatic carbocycles. The van der Waals surface area contributed by atoms with Crippen molar-refractivity contribution in [1.29, 1.82) is 0 Å². The second-order valence-corrected chi connectivity index (χ2v) is 7.59. The van der Waals surface area contributed by atoms with Crippen molar-refractivity contribution in [3.05, 3.63) is 5.69 Å². The number of amides is 1. The molecule has 0 saturated heterocycles. The zero-order valence-corrected chi connectivity index (χ0v) is 15.4. The van der Waals surface area contributed by atoms with Crippen LogP contribution in [0.2, 0.25) is 0 Å². The van der Waals surface area contributed by atoms with Gasteiger partial charge in [-0.2, -0.15) is 4.98 Å². The largest absolute Gasteiger partial charge is 0.351 e. The van der Waals surface area contributed by atoms with Gasteiger partial charge >= 0.3 is 0 Å². The summed E-state index contributed by atoms with van der Waals surface area (Å²) in [6.45, 7) is 8.28. The van der Waals surface area contributed by atoms with E-state index < -0.39 is 0 Å². The summed E-state index contributed by atoms with van der Waals surface area (Å²) >= 11 is 0. The maximum Gasteiger partial charge on any atom is 0.247 e. The number of aromatic nitrogens is 2. The predicted octanol–water partition coefficient (Wildman–Crippen LogP) is 3.19. The molecule has 1 atom stereocenters. The van der Waals surface area contributed by atoms with Crippen LogP contribution < -0.4 is 15.5 Å². The van der Waals surface area contributed by atoms with E-state index in [1.165, 1.54) is 25.7 Å². The Kier molecular flexibility index (Phi) is 4.65. The lowest BCUT2D eigenvalue weighted by Gasteiger charge is -2.38. The summed E-state index contributed by atoms with van der Waals surface area (Å²) in [6.07, 6.45) is 4.98. The number of fused-ring (bicyclic) bond motifs is 1. The number of hydrogen-bond acceptors (Lipinski definition) is 5. The van der Waals surface area contributed by atoms with E-state index in [2.05, 4.69) is 36.4 Å². The highest BCUT2D eigenvalue weighted by atomic mass is 16.2. The maximum absolute atomic E-state index is 12.4. The van der Waals surface area contributed by atoms with Gasteiger partial charge in [0.05, 0.1) is 5.69 Å². The number of anilines is 3. The van der Waals surface area contributed by atoms with E-state index in [4.69, 9.17) is 4.98 Å². The third-order valence-electron chi connectivity index (χ3n) is 5.24. The zero-order chi connectivity index (χ0) is 17.4. The lowest BCUT2D eigenvalue weighted by Crippen LogP contribution is -2.49. The van der Waals surface area contributed by atoms with Crippen LogP contribution in [-0.4, -0.2) is 35.0 Å². The van der Waals surface area contributed by atoms with Crippen molar-refractivity contribution in [3.63, 3.8) is 0 Å². The van der Waals surface area contributed by atoms with Gasteiger partial charge in [-0.25, -0.2) is 4.98 Å². The Morgan fingerprint density at radius 2 is 2.04 bits per heavy atom. The maximum atomic E-state index is 12.4. The standard InChI is InChI=1S/C18H29N5O/c1-6-7-12-8-13(9-12)20-18-19-11(4)14-16(22-18)23(5)15(10(2)3)17(24)21-14/h10,12-13,15H,6-9H2,1-5H3,(H,21,24)(H,19,20,22)/t12-,13+,15-/m0/s1. The van der Waals surface area contributed by atoms with Crippen LogP contribution in [0.15, 0.2) is 0 Å². The molecule has 1 aliphatic heterocycles. The summed E-state index contributed by atoms with van der Waals surface area (Å²) in [5, 5.41) is 6.46. The SMILES string of the molecule is CCC[C@H]1C[C@@H](Nc2nc(C)c3c(n2)N(C)[C@@H](C(C)C)C(=O)N3)C1. The van der Waals surface area contributed by atoms with Crippen molar-refractivity contribution in [3.8, 4) is 0 Å². The van der Waals surface area contributed by atoms with Gasteiger partial charge in [-0.1, -0.05) is 33.6 Å². The minimum Gasteiger partial charge on any atom is -0.351 e. The van der Waals surface area contributed by atoms with Gasteiger partial charge in [0, 0.05) is 13.1 Å². The summed E-state index contributed by atoms with van der Waals surface area (Å²) in [7, 11) is 1.94. The first kappa shape index (κ1) is 17.0. The minimum absolute atomic E-state index is 0.0220. The Labute approximate surface area is 144 Å². The molecule has 0 unspecified atom stereocenters. The van der Waals surface area contributed by atoms with E-state index in [1.54, 1.807) is 0 Å². The number of carbonyl (C=O) groups excluding carboxylic acids is 1. The fourth-order valence-electron chi connectivity index (χ4n) is 3.96. The van der Waals surface area contributed by atoms with Crippen LogP contribution in [0.5, 0.6) is 0 Å². The molecule has 6 heteroatoms. The van der Waals surface area contributed by atoms with Crippen molar-refractivity contribution >= 4 is 23.4 Å². The quantitative estimate of drug-likeness (QED) is 0.867. The summed E-state index contributed by atoms with van der Waals surface area (Å²) in [5.41, 5.74) is 1.55. The molecule has 2 N–H and O–H groups in total. The highest BCUT2D eigenvalue weighted by molar-refractivity contribution is 6.03. The molecule has 24 heavy (non-hydrogen) atoms. The summed E-state index contributed by atoms with van der Waals surface area (Å²) < 4.78 is 0. The van der Waals surface area contributed by atoms with Crippen LogP contribution in [0.25, 0.3) is 0 Å². The molecular formula is C18H29N5O. The van der Waals surface area contributed by atoms with E-state index >= 15 is 0 Å². The molecule has 1 amide bonds. The first-order valence-corrected chi connectivity index (χ1v) is 9.09. The zero-order valence-electron chi connectivity index (χ0n) is 15.4. The molecule has 1 fully saturated rings. The van der Waals surface area contributed by atoms with Crippen molar-refractivity contribution in [2.45, 2.75) is 65.5 Å². The normalized spacial score (nSPS) is 26.0. The van der Waals surface area contributed by atoms with Gasteiger partial charge in [-0.05, 0) is 31.6 Å². The first-order chi connectivity index (χ1) is 11.4. The summed E-state index contributed by atoms with van der Waals surface area (Å²) in [5.74, 6) is 2.58. The van der Waals surface area contributed by atoms with Gasteiger partial charge in [-0.15, -0.1) is 0 Å². The molecule has 0 radical (unpaired) electrons. The van der Waals surface area contributed by atoms with Crippen LogP contribution in [0.3, 0.4) is 0 Å². The number of likely N-dealkylation sites (N-methyl/N-ethyl adjacent to an activating group) is 1. The van der Waals surface area contributed by atoms with Gasteiger partial charge in [0.1, 0.15) is 11.7 Å². The monoisotopic (exact) mass is 331 g/mol. The van der Waals surface area contributed by atoms with Gasteiger partial charge < -0.3 is 15.5 Å². The third-order valence-corrected chi connectivity index (χ3v) is 5.24. The van der Waals surface area contributed by atoms with E-state index in [9.17, 15) is 4.79 Å². The second-order valence-electron chi connectivity index (χ2n) is 7.59. The molecule has 3 rings (SSSR count). The second kappa shape index (κ2) is 6.57.